The number of thiophene rings is 1. The summed E-state index contributed by atoms with van der Waals surface area (Å²) in [6, 6.07) is 12.1. The molecule has 0 atom stereocenters. The minimum absolute atomic E-state index is 0.0588. The van der Waals surface area contributed by atoms with Crippen LogP contribution in [0.1, 0.15) is 5.82 Å². The van der Waals surface area contributed by atoms with Gasteiger partial charge in [0.1, 0.15) is 10.5 Å². The van der Waals surface area contributed by atoms with E-state index < -0.39 is 0 Å². The van der Waals surface area contributed by atoms with Crippen molar-refractivity contribution in [2.24, 2.45) is 0 Å². The summed E-state index contributed by atoms with van der Waals surface area (Å²) < 4.78 is 2.78. The molecule has 0 radical (unpaired) electrons. The van der Waals surface area contributed by atoms with Gasteiger partial charge in [0.25, 0.3) is 5.56 Å². The molecule has 4 nitrogen and oxygen atoms in total. The number of hydrogen-bond donors (Lipinski definition) is 1. The van der Waals surface area contributed by atoms with Crippen LogP contribution in [-0.2, 0) is 6.54 Å². The van der Waals surface area contributed by atoms with Gasteiger partial charge in [-0.15, -0.1) is 11.3 Å². The van der Waals surface area contributed by atoms with E-state index >= 15 is 0 Å². The first kappa shape index (κ1) is 11.4. The number of para-hydroxylation sites is 1. The molecule has 0 saturated heterocycles. The fourth-order valence-electron chi connectivity index (χ4n) is 2.44. The van der Waals surface area contributed by atoms with Crippen molar-refractivity contribution in [3.05, 3.63) is 64.2 Å². The van der Waals surface area contributed by atoms with Gasteiger partial charge in [0, 0.05) is 11.7 Å². The van der Waals surface area contributed by atoms with E-state index in [1.54, 1.807) is 0 Å². The first-order valence-corrected chi connectivity index (χ1v) is 7.19. The monoisotopic (exact) mass is 281 g/mol. The first-order valence-electron chi connectivity index (χ1n) is 6.31. The standard InChI is InChI=1S/C15H11N3OS/c19-15-14-11(6-8-20-14)16-13(17-15)9-18-7-5-10-3-1-2-4-12(10)18/h1-8H,9H2,(H,16,17,19). The van der Waals surface area contributed by atoms with Crippen LogP contribution in [0.3, 0.4) is 0 Å². The predicted molar refractivity (Wildman–Crippen MR) is 81.3 cm³/mol. The fraction of sp³-hybridized carbons (Fsp3) is 0.0667. The Kier molecular flexibility index (Phi) is 2.47. The lowest BCUT2D eigenvalue weighted by molar-refractivity contribution is 0.774. The quantitative estimate of drug-likeness (QED) is 0.614. The summed E-state index contributed by atoms with van der Waals surface area (Å²) in [5, 5.41) is 3.08. The van der Waals surface area contributed by atoms with Gasteiger partial charge in [-0.1, -0.05) is 18.2 Å². The normalized spacial score (nSPS) is 11.4. The number of rotatable bonds is 2. The van der Waals surface area contributed by atoms with Gasteiger partial charge in [0.05, 0.1) is 12.1 Å². The largest absolute Gasteiger partial charge is 0.340 e. The van der Waals surface area contributed by atoms with Gasteiger partial charge < -0.3 is 9.55 Å². The highest BCUT2D eigenvalue weighted by Crippen LogP contribution is 2.17. The zero-order chi connectivity index (χ0) is 13.5. The molecule has 20 heavy (non-hydrogen) atoms. The maximum atomic E-state index is 12.0. The highest BCUT2D eigenvalue weighted by atomic mass is 32.1. The zero-order valence-electron chi connectivity index (χ0n) is 10.5. The molecule has 0 saturated carbocycles. The first-order chi connectivity index (χ1) is 9.81. The van der Waals surface area contributed by atoms with Crippen molar-refractivity contribution in [1.82, 2.24) is 14.5 Å². The summed E-state index contributed by atoms with van der Waals surface area (Å²) in [5.41, 5.74) is 1.85. The Labute approximate surface area is 118 Å². The van der Waals surface area contributed by atoms with Crippen molar-refractivity contribution >= 4 is 32.5 Å². The number of aromatic amines is 1. The van der Waals surface area contributed by atoms with Crippen LogP contribution in [0.15, 0.2) is 52.8 Å². The van der Waals surface area contributed by atoms with Crippen LogP contribution in [0, 0.1) is 0 Å². The Morgan fingerprint density at radius 2 is 2.10 bits per heavy atom. The summed E-state index contributed by atoms with van der Waals surface area (Å²) in [7, 11) is 0. The molecule has 4 rings (SSSR count). The van der Waals surface area contributed by atoms with E-state index in [1.807, 2.05) is 29.8 Å². The number of hydrogen-bond acceptors (Lipinski definition) is 3. The van der Waals surface area contributed by atoms with Crippen molar-refractivity contribution < 1.29 is 0 Å². The molecular weight excluding hydrogens is 270 g/mol. The SMILES string of the molecule is O=c1[nH]c(Cn2ccc3ccccc32)nc2ccsc12. The highest BCUT2D eigenvalue weighted by molar-refractivity contribution is 7.17. The summed E-state index contributed by atoms with van der Waals surface area (Å²) in [6.45, 7) is 0.564. The van der Waals surface area contributed by atoms with Crippen molar-refractivity contribution in [3.63, 3.8) is 0 Å². The van der Waals surface area contributed by atoms with Crippen LogP contribution in [0.25, 0.3) is 21.1 Å². The smallest absolute Gasteiger partial charge is 0.268 e. The molecule has 4 aromatic rings. The van der Waals surface area contributed by atoms with Crippen LogP contribution in [0.2, 0.25) is 0 Å². The van der Waals surface area contributed by atoms with Gasteiger partial charge in [-0.2, -0.15) is 0 Å². The molecule has 1 aromatic carbocycles. The molecule has 98 valence electrons. The Bertz CT molecular complexity index is 964. The number of benzene rings is 1. The zero-order valence-corrected chi connectivity index (χ0v) is 11.4. The van der Waals surface area contributed by atoms with E-state index in [1.165, 1.54) is 16.7 Å². The fourth-order valence-corrected chi connectivity index (χ4v) is 3.16. The lowest BCUT2D eigenvalue weighted by Crippen LogP contribution is -2.12. The molecule has 0 unspecified atom stereocenters. The molecule has 0 bridgehead atoms. The Hall–Kier alpha value is -2.40. The molecule has 5 heteroatoms. The van der Waals surface area contributed by atoms with E-state index in [4.69, 9.17) is 0 Å². The summed E-state index contributed by atoms with van der Waals surface area (Å²) in [5.74, 6) is 0.683. The number of fused-ring (bicyclic) bond motifs is 2. The second-order valence-corrected chi connectivity index (χ2v) is 5.57. The third-order valence-electron chi connectivity index (χ3n) is 3.36. The molecule has 3 aromatic heterocycles. The highest BCUT2D eigenvalue weighted by Gasteiger charge is 2.07. The second kappa shape index (κ2) is 4.31. The van der Waals surface area contributed by atoms with Crippen molar-refractivity contribution in [2.75, 3.05) is 0 Å². The van der Waals surface area contributed by atoms with Gasteiger partial charge in [-0.05, 0) is 29.0 Å². The van der Waals surface area contributed by atoms with E-state index in [0.717, 1.165) is 11.0 Å². The molecule has 3 heterocycles. The van der Waals surface area contributed by atoms with Crippen LogP contribution >= 0.6 is 11.3 Å². The minimum atomic E-state index is -0.0588. The number of nitrogens with zero attached hydrogens (tertiary/aromatic N) is 2. The average molecular weight is 281 g/mol. The summed E-state index contributed by atoms with van der Waals surface area (Å²) >= 11 is 1.42. The van der Waals surface area contributed by atoms with Gasteiger partial charge >= 0.3 is 0 Å². The predicted octanol–water partition coefficient (Wildman–Crippen LogP) is 2.99. The van der Waals surface area contributed by atoms with E-state index in [-0.39, 0.29) is 5.56 Å². The average Bonchev–Trinajstić information content (AvgIpc) is 3.07. The van der Waals surface area contributed by atoms with E-state index in [9.17, 15) is 4.79 Å². The maximum absolute atomic E-state index is 12.0. The topological polar surface area (TPSA) is 50.7 Å². The van der Waals surface area contributed by atoms with Gasteiger partial charge in [-0.3, -0.25) is 4.79 Å². The molecule has 0 spiro atoms. The Balaban J connectivity index is 1.82. The Morgan fingerprint density at radius 1 is 1.20 bits per heavy atom. The lowest BCUT2D eigenvalue weighted by Gasteiger charge is -2.05. The number of H-pyrrole nitrogens is 1. The van der Waals surface area contributed by atoms with Crippen LogP contribution < -0.4 is 5.56 Å². The van der Waals surface area contributed by atoms with E-state index in [0.29, 0.717) is 17.1 Å². The molecule has 0 aliphatic carbocycles. The van der Waals surface area contributed by atoms with Crippen molar-refractivity contribution in [3.8, 4) is 0 Å². The van der Waals surface area contributed by atoms with Gasteiger partial charge in [-0.25, -0.2) is 4.98 Å². The molecule has 0 fully saturated rings. The lowest BCUT2D eigenvalue weighted by atomic mass is 10.2. The third-order valence-corrected chi connectivity index (χ3v) is 4.27. The summed E-state index contributed by atoms with van der Waals surface area (Å²) in [4.78, 5) is 19.3. The molecular formula is C15H11N3OS. The molecule has 1 N–H and O–H groups in total. The summed E-state index contributed by atoms with van der Waals surface area (Å²) in [6.07, 6.45) is 2.02. The molecule has 0 amide bonds. The van der Waals surface area contributed by atoms with Crippen LogP contribution in [-0.4, -0.2) is 14.5 Å². The van der Waals surface area contributed by atoms with Gasteiger partial charge in [0.15, 0.2) is 0 Å². The van der Waals surface area contributed by atoms with Crippen LogP contribution in [0.5, 0.6) is 0 Å². The van der Waals surface area contributed by atoms with Crippen molar-refractivity contribution in [1.29, 1.82) is 0 Å². The molecule has 0 aliphatic heterocycles. The minimum Gasteiger partial charge on any atom is -0.340 e. The number of aromatic nitrogens is 3. The second-order valence-electron chi connectivity index (χ2n) is 4.65. The van der Waals surface area contributed by atoms with Crippen LogP contribution in [0.4, 0.5) is 0 Å². The van der Waals surface area contributed by atoms with Crippen molar-refractivity contribution in [2.45, 2.75) is 6.54 Å². The van der Waals surface area contributed by atoms with Gasteiger partial charge in [0.2, 0.25) is 0 Å². The Morgan fingerprint density at radius 3 is 3.05 bits per heavy atom. The third kappa shape index (κ3) is 1.75. The maximum Gasteiger partial charge on any atom is 0.268 e. The van der Waals surface area contributed by atoms with E-state index in [2.05, 4.69) is 32.7 Å². The number of nitrogens with one attached hydrogen (secondary N) is 1. The molecule has 0 aliphatic rings.